The SMILES string of the molecule is CC(C)N1CCOC(C(O)c2cccc(F)c2F)C1. The largest absolute Gasteiger partial charge is 0.386 e. The lowest BCUT2D eigenvalue weighted by Gasteiger charge is -2.37. The van der Waals surface area contributed by atoms with Gasteiger partial charge in [0.25, 0.3) is 0 Å². The summed E-state index contributed by atoms with van der Waals surface area (Å²) in [5, 5.41) is 10.2. The standard InChI is InChI=1S/C14H19F2NO2/c1-9(2)17-6-7-19-12(8-17)14(18)10-4-3-5-11(15)13(10)16/h3-5,9,12,14,18H,6-8H2,1-2H3. The first-order valence-electron chi connectivity index (χ1n) is 6.48. The normalized spacial score (nSPS) is 22.7. The lowest BCUT2D eigenvalue weighted by Crippen LogP contribution is -2.47. The predicted octanol–water partition coefficient (Wildman–Crippen LogP) is 2.11. The topological polar surface area (TPSA) is 32.7 Å². The number of hydrogen-bond donors (Lipinski definition) is 1. The van der Waals surface area contributed by atoms with Gasteiger partial charge in [-0.25, -0.2) is 8.78 Å². The molecular weight excluding hydrogens is 252 g/mol. The van der Waals surface area contributed by atoms with Crippen LogP contribution in [0.2, 0.25) is 0 Å². The summed E-state index contributed by atoms with van der Waals surface area (Å²) in [6.45, 7) is 5.88. The molecule has 1 N–H and O–H groups in total. The van der Waals surface area contributed by atoms with Crippen molar-refractivity contribution in [3.8, 4) is 0 Å². The molecule has 2 atom stereocenters. The molecule has 1 aliphatic rings. The molecule has 1 aliphatic heterocycles. The molecule has 3 nitrogen and oxygen atoms in total. The minimum atomic E-state index is -1.16. The highest BCUT2D eigenvalue weighted by Crippen LogP contribution is 2.26. The number of hydrogen-bond acceptors (Lipinski definition) is 3. The van der Waals surface area contributed by atoms with Crippen LogP contribution in [-0.2, 0) is 4.74 Å². The molecule has 2 rings (SSSR count). The van der Waals surface area contributed by atoms with Crippen molar-refractivity contribution >= 4 is 0 Å². The Bertz CT molecular complexity index is 439. The van der Waals surface area contributed by atoms with Crippen LogP contribution in [0.25, 0.3) is 0 Å². The second kappa shape index (κ2) is 5.94. The summed E-state index contributed by atoms with van der Waals surface area (Å²) in [6, 6.07) is 4.14. The van der Waals surface area contributed by atoms with E-state index in [2.05, 4.69) is 18.7 Å². The molecule has 0 saturated carbocycles. The van der Waals surface area contributed by atoms with Crippen molar-refractivity contribution in [1.29, 1.82) is 0 Å². The summed E-state index contributed by atoms with van der Waals surface area (Å²) < 4.78 is 32.3. The number of halogens is 2. The second-order valence-corrected chi connectivity index (χ2v) is 5.09. The molecule has 0 bridgehead atoms. The van der Waals surface area contributed by atoms with E-state index >= 15 is 0 Å². The zero-order chi connectivity index (χ0) is 14.0. The Morgan fingerprint density at radius 2 is 2.11 bits per heavy atom. The minimum absolute atomic E-state index is 0.0457. The Morgan fingerprint density at radius 3 is 2.79 bits per heavy atom. The van der Waals surface area contributed by atoms with Crippen LogP contribution in [-0.4, -0.2) is 41.8 Å². The molecule has 0 aromatic heterocycles. The second-order valence-electron chi connectivity index (χ2n) is 5.09. The van der Waals surface area contributed by atoms with Crippen LogP contribution in [0.3, 0.4) is 0 Å². The van der Waals surface area contributed by atoms with Crippen molar-refractivity contribution in [1.82, 2.24) is 4.90 Å². The van der Waals surface area contributed by atoms with Crippen molar-refractivity contribution in [2.45, 2.75) is 32.1 Å². The van der Waals surface area contributed by atoms with E-state index in [1.54, 1.807) is 0 Å². The molecule has 19 heavy (non-hydrogen) atoms. The van der Waals surface area contributed by atoms with Crippen molar-refractivity contribution in [3.05, 3.63) is 35.4 Å². The summed E-state index contributed by atoms with van der Waals surface area (Å²) in [5.74, 6) is -1.95. The molecule has 1 aromatic rings. The highest BCUT2D eigenvalue weighted by molar-refractivity contribution is 5.22. The average Bonchev–Trinajstić information content (AvgIpc) is 2.41. The van der Waals surface area contributed by atoms with Crippen LogP contribution in [0.15, 0.2) is 18.2 Å². The van der Waals surface area contributed by atoms with Gasteiger partial charge in [0.05, 0.1) is 6.61 Å². The van der Waals surface area contributed by atoms with Crippen molar-refractivity contribution < 1.29 is 18.6 Å². The summed E-state index contributed by atoms with van der Waals surface area (Å²) in [4.78, 5) is 2.15. The Hall–Kier alpha value is -1.04. The lowest BCUT2D eigenvalue weighted by molar-refractivity contribution is -0.0970. The molecule has 0 amide bonds. The number of aliphatic hydroxyl groups is 1. The summed E-state index contributed by atoms with van der Waals surface area (Å²) in [5.41, 5.74) is -0.0457. The molecule has 0 aliphatic carbocycles. The Labute approximate surface area is 111 Å². The predicted molar refractivity (Wildman–Crippen MR) is 67.8 cm³/mol. The number of rotatable bonds is 3. The van der Waals surface area contributed by atoms with Gasteiger partial charge in [-0.3, -0.25) is 4.90 Å². The fourth-order valence-corrected chi connectivity index (χ4v) is 2.31. The van der Waals surface area contributed by atoms with Crippen LogP contribution in [0.1, 0.15) is 25.5 Å². The van der Waals surface area contributed by atoms with Crippen molar-refractivity contribution in [2.75, 3.05) is 19.7 Å². The van der Waals surface area contributed by atoms with Crippen molar-refractivity contribution in [3.63, 3.8) is 0 Å². The van der Waals surface area contributed by atoms with Gasteiger partial charge in [0, 0.05) is 24.7 Å². The van der Waals surface area contributed by atoms with Gasteiger partial charge in [-0.05, 0) is 19.9 Å². The molecule has 1 saturated heterocycles. The molecule has 5 heteroatoms. The number of morpholine rings is 1. The van der Waals surface area contributed by atoms with E-state index in [0.717, 1.165) is 12.6 Å². The molecule has 0 radical (unpaired) electrons. The van der Waals surface area contributed by atoms with Gasteiger partial charge in [0.15, 0.2) is 11.6 Å². The number of ether oxygens (including phenoxy) is 1. The number of benzene rings is 1. The zero-order valence-corrected chi connectivity index (χ0v) is 11.1. The van der Waals surface area contributed by atoms with Gasteiger partial charge in [0.1, 0.15) is 12.2 Å². The van der Waals surface area contributed by atoms with Crippen LogP contribution < -0.4 is 0 Å². The lowest BCUT2D eigenvalue weighted by atomic mass is 10.0. The van der Waals surface area contributed by atoms with Gasteiger partial charge < -0.3 is 9.84 Å². The number of aliphatic hydroxyl groups excluding tert-OH is 1. The van der Waals surface area contributed by atoms with Gasteiger partial charge in [-0.15, -0.1) is 0 Å². The van der Waals surface area contributed by atoms with Crippen LogP contribution in [0, 0.1) is 11.6 Å². The first-order chi connectivity index (χ1) is 9.00. The third-order valence-corrected chi connectivity index (χ3v) is 3.51. The van der Waals surface area contributed by atoms with Crippen LogP contribution in [0.5, 0.6) is 0 Å². The van der Waals surface area contributed by atoms with E-state index in [4.69, 9.17) is 4.74 Å². The quantitative estimate of drug-likeness (QED) is 0.914. The first-order valence-corrected chi connectivity index (χ1v) is 6.48. The maximum atomic E-state index is 13.7. The smallest absolute Gasteiger partial charge is 0.164 e. The zero-order valence-electron chi connectivity index (χ0n) is 11.1. The molecule has 106 valence electrons. The Morgan fingerprint density at radius 1 is 1.37 bits per heavy atom. The van der Waals surface area contributed by atoms with E-state index in [9.17, 15) is 13.9 Å². The third kappa shape index (κ3) is 3.11. The maximum Gasteiger partial charge on any atom is 0.164 e. The molecule has 1 fully saturated rings. The monoisotopic (exact) mass is 271 g/mol. The molecule has 0 spiro atoms. The molecular formula is C14H19F2NO2. The summed E-state index contributed by atoms with van der Waals surface area (Å²) >= 11 is 0. The van der Waals surface area contributed by atoms with Gasteiger partial charge in [-0.2, -0.15) is 0 Å². The fourth-order valence-electron chi connectivity index (χ4n) is 2.31. The fraction of sp³-hybridized carbons (Fsp3) is 0.571. The average molecular weight is 271 g/mol. The molecule has 2 unspecified atom stereocenters. The van der Waals surface area contributed by atoms with Gasteiger partial charge >= 0.3 is 0 Å². The minimum Gasteiger partial charge on any atom is -0.386 e. The summed E-state index contributed by atoms with van der Waals surface area (Å²) in [6.07, 6.45) is -1.69. The van der Waals surface area contributed by atoms with Crippen LogP contribution >= 0.6 is 0 Å². The third-order valence-electron chi connectivity index (χ3n) is 3.51. The molecule has 1 aromatic carbocycles. The number of nitrogens with zero attached hydrogens (tertiary/aromatic N) is 1. The first kappa shape index (κ1) is 14.4. The summed E-state index contributed by atoms with van der Waals surface area (Å²) in [7, 11) is 0. The van der Waals surface area contributed by atoms with Gasteiger partial charge in [-0.1, -0.05) is 12.1 Å². The Kier molecular flexibility index (Phi) is 4.50. The van der Waals surface area contributed by atoms with E-state index in [1.165, 1.54) is 12.1 Å². The Balaban J connectivity index is 2.14. The van der Waals surface area contributed by atoms with E-state index < -0.39 is 23.8 Å². The molecule has 1 heterocycles. The van der Waals surface area contributed by atoms with Gasteiger partial charge in [0.2, 0.25) is 0 Å². The van der Waals surface area contributed by atoms with Crippen LogP contribution in [0.4, 0.5) is 8.78 Å². The maximum absolute atomic E-state index is 13.7. The highest BCUT2D eigenvalue weighted by Gasteiger charge is 2.30. The highest BCUT2D eigenvalue weighted by atomic mass is 19.2. The van der Waals surface area contributed by atoms with Crippen molar-refractivity contribution in [2.24, 2.45) is 0 Å². The van der Waals surface area contributed by atoms with E-state index in [0.29, 0.717) is 19.2 Å². The van der Waals surface area contributed by atoms with E-state index in [-0.39, 0.29) is 5.56 Å². The van der Waals surface area contributed by atoms with E-state index in [1.807, 2.05) is 0 Å².